The minimum atomic E-state index is 0.149. The third-order valence-corrected chi connectivity index (χ3v) is 8.52. The number of piperidine rings is 1. The summed E-state index contributed by atoms with van der Waals surface area (Å²) in [6, 6.07) is 27.0. The molecule has 1 saturated heterocycles. The Balaban J connectivity index is 1.35. The average Bonchev–Trinajstić information content (AvgIpc) is 3.39. The fourth-order valence-corrected chi connectivity index (χ4v) is 6.48. The molecule has 182 valence electrons. The van der Waals surface area contributed by atoms with Crippen LogP contribution in [0.1, 0.15) is 42.5 Å². The van der Waals surface area contributed by atoms with Crippen LogP contribution >= 0.6 is 34.5 Å². The fourth-order valence-electron chi connectivity index (χ4n) is 5.57. The Kier molecular flexibility index (Phi) is 6.81. The van der Waals surface area contributed by atoms with Gasteiger partial charge in [-0.3, -0.25) is 5.43 Å². The number of aromatic nitrogens is 1. The van der Waals surface area contributed by atoms with Gasteiger partial charge in [0, 0.05) is 50.6 Å². The summed E-state index contributed by atoms with van der Waals surface area (Å²) in [7, 11) is 0. The Morgan fingerprint density at radius 2 is 1.39 bits per heavy atom. The van der Waals surface area contributed by atoms with Gasteiger partial charge in [0.15, 0.2) is 0 Å². The highest BCUT2D eigenvalue weighted by molar-refractivity contribution is 7.14. The zero-order valence-corrected chi connectivity index (χ0v) is 21.9. The van der Waals surface area contributed by atoms with Crippen LogP contribution in [0.15, 0.2) is 89.3 Å². The van der Waals surface area contributed by atoms with Gasteiger partial charge < -0.3 is 5.32 Å². The van der Waals surface area contributed by atoms with Gasteiger partial charge in [0.2, 0.25) is 5.13 Å². The van der Waals surface area contributed by atoms with E-state index in [0.29, 0.717) is 11.8 Å². The quantitative estimate of drug-likeness (QED) is 0.253. The van der Waals surface area contributed by atoms with E-state index in [2.05, 4.69) is 52.5 Å². The molecule has 2 bridgehead atoms. The summed E-state index contributed by atoms with van der Waals surface area (Å²) in [5, 5.41) is 13.4. The van der Waals surface area contributed by atoms with Crippen molar-refractivity contribution in [3.05, 3.63) is 105 Å². The highest BCUT2D eigenvalue weighted by atomic mass is 35.5. The number of fused-ring (bicyclic) bond motifs is 2. The normalized spacial score (nSPS) is 24.6. The maximum atomic E-state index is 6.21. The third-order valence-electron chi connectivity index (χ3n) is 7.27. The van der Waals surface area contributed by atoms with Crippen LogP contribution in [0.25, 0.3) is 11.3 Å². The van der Waals surface area contributed by atoms with E-state index in [0.717, 1.165) is 39.3 Å². The molecule has 36 heavy (non-hydrogen) atoms. The summed E-state index contributed by atoms with van der Waals surface area (Å²) in [4.78, 5) is 4.79. The van der Waals surface area contributed by atoms with Gasteiger partial charge in [-0.1, -0.05) is 84.2 Å². The van der Waals surface area contributed by atoms with Crippen LogP contribution in [0, 0.1) is 11.8 Å². The third kappa shape index (κ3) is 4.81. The van der Waals surface area contributed by atoms with Crippen molar-refractivity contribution in [3.63, 3.8) is 0 Å². The van der Waals surface area contributed by atoms with Crippen molar-refractivity contribution in [3.8, 4) is 11.3 Å². The van der Waals surface area contributed by atoms with Crippen molar-refractivity contribution in [2.24, 2.45) is 16.9 Å². The Morgan fingerprint density at radius 1 is 0.806 bits per heavy atom. The second-order valence-corrected chi connectivity index (χ2v) is 11.2. The van der Waals surface area contributed by atoms with Gasteiger partial charge in [0.25, 0.3) is 0 Å². The monoisotopic (exact) mass is 532 g/mol. The minimum Gasteiger partial charge on any atom is -0.302 e. The predicted octanol–water partition coefficient (Wildman–Crippen LogP) is 8.39. The van der Waals surface area contributed by atoms with E-state index in [4.69, 9.17) is 33.3 Å². The summed E-state index contributed by atoms with van der Waals surface area (Å²) < 4.78 is 0. The number of benzene rings is 3. The lowest BCUT2D eigenvalue weighted by atomic mass is 9.67. The molecule has 4 aromatic rings. The lowest BCUT2D eigenvalue weighted by Crippen LogP contribution is -2.50. The first-order valence-electron chi connectivity index (χ1n) is 12.3. The molecule has 7 heteroatoms. The van der Waals surface area contributed by atoms with E-state index in [1.54, 1.807) is 11.3 Å². The Bertz CT molecular complexity index is 1290. The second-order valence-electron chi connectivity index (χ2n) is 9.42. The second kappa shape index (κ2) is 10.3. The van der Waals surface area contributed by atoms with Gasteiger partial charge in [0.1, 0.15) is 0 Å². The first-order chi connectivity index (χ1) is 17.7. The summed E-state index contributed by atoms with van der Waals surface area (Å²) in [6.45, 7) is 0. The van der Waals surface area contributed by atoms with E-state index >= 15 is 0 Å². The van der Waals surface area contributed by atoms with Crippen LogP contribution in [-0.4, -0.2) is 10.7 Å². The molecule has 2 heterocycles. The molecular formula is C29H26Cl2N4S. The first-order valence-corrected chi connectivity index (χ1v) is 13.9. The zero-order valence-electron chi connectivity index (χ0n) is 19.6. The van der Waals surface area contributed by atoms with E-state index in [-0.39, 0.29) is 12.1 Å². The van der Waals surface area contributed by atoms with Gasteiger partial charge in [-0.05, 0) is 48.2 Å². The molecule has 0 amide bonds. The molecule has 4 atom stereocenters. The van der Waals surface area contributed by atoms with Crippen LogP contribution < -0.4 is 10.7 Å². The molecule has 6 rings (SSSR count). The van der Waals surface area contributed by atoms with E-state index < -0.39 is 0 Å². The molecule has 3 aromatic carbocycles. The highest BCUT2D eigenvalue weighted by Gasteiger charge is 2.45. The summed E-state index contributed by atoms with van der Waals surface area (Å²) in [5.74, 6) is 0.601. The van der Waals surface area contributed by atoms with Gasteiger partial charge in [-0.2, -0.15) is 5.10 Å². The molecular weight excluding hydrogens is 507 g/mol. The molecule has 2 fully saturated rings. The Labute approximate surface area is 225 Å². The summed E-state index contributed by atoms with van der Waals surface area (Å²) >= 11 is 14.0. The molecule has 2 N–H and O–H groups in total. The minimum absolute atomic E-state index is 0.149. The van der Waals surface area contributed by atoms with Crippen molar-refractivity contribution in [2.75, 3.05) is 5.43 Å². The maximum Gasteiger partial charge on any atom is 0.203 e. The SMILES string of the molecule is Clc1ccc([C@H]2N[C@@H](c3ccc(Cl)cc3)C3CCCC2C3=NNc2nc(-c3ccccc3)cs2)cc1. The molecule has 0 radical (unpaired) electrons. The summed E-state index contributed by atoms with van der Waals surface area (Å²) in [6.07, 6.45) is 3.37. The molecule has 1 saturated carbocycles. The summed E-state index contributed by atoms with van der Waals surface area (Å²) in [5.41, 5.74) is 9.08. The number of nitrogens with one attached hydrogen (secondary N) is 2. The molecule has 2 aliphatic rings. The number of nitrogens with zero attached hydrogens (tertiary/aromatic N) is 2. The van der Waals surface area contributed by atoms with Crippen molar-refractivity contribution < 1.29 is 0 Å². The predicted molar refractivity (Wildman–Crippen MR) is 151 cm³/mol. The molecule has 1 aromatic heterocycles. The van der Waals surface area contributed by atoms with Crippen molar-refractivity contribution in [1.82, 2.24) is 10.3 Å². The van der Waals surface area contributed by atoms with E-state index in [1.165, 1.54) is 23.3 Å². The smallest absolute Gasteiger partial charge is 0.203 e. The topological polar surface area (TPSA) is 49.3 Å². The van der Waals surface area contributed by atoms with Gasteiger partial charge in [0.05, 0.1) is 5.69 Å². The van der Waals surface area contributed by atoms with Gasteiger partial charge in [-0.25, -0.2) is 4.98 Å². The highest BCUT2D eigenvalue weighted by Crippen LogP contribution is 2.46. The lowest BCUT2D eigenvalue weighted by molar-refractivity contribution is 0.233. The van der Waals surface area contributed by atoms with Crippen molar-refractivity contribution >= 4 is 45.4 Å². The average molecular weight is 534 g/mol. The maximum absolute atomic E-state index is 6.21. The fraction of sp³-hybridized carbons (Fsp3) is 0.241. The number of thiazole rings is 1. The molecule has 1 aliphatic carbocycles. The standard InChI is InChI=1S/C29H26Cl2N4S/c30-21-13-9-19(10-14-21)26-23-7-4-8-24(27(33-26)20-11-15-22(31)16-12-20)28(23)34-35-29-32-25(17-36-29)18-5-2-1-3-6-18/h1-3,5-6,9-17,23-24,26-27,33H,4,7-8H2,(H,32,35)/t23?,24?,26-,27+. The van der Waals surface area contributed by atoms with Gasteiger partial charge in [-0.15, -0.1) is 11.3 Å². The van der Waals surface area contributed by atoms with Crippen LogP contribution in [-0.2, 0) is 0 Å². The number of halogens is 2. The number of hydrazone groups is 1. The number of rotatable bonds is 5. The Hall–Kier alpha value is -2.70. The number of hydrogen-bond acceptors (Lipinski definition) is 5. The van der Waals surface area contributed by atoms with Crippen molar-refractivity contribution in [1.29, 1.82) is 0 Å². The van der Waals surface area contributed by atoms with E-state index in [1.807, 2.05) is 42.5 Å². The van der Waals surface area contributed by atoms with Crippen LogP contribution in [0.3, 0.4) is 0 Å². The lowest BCUT2D eigenvalue weighted by Gasteiger charge is -2.47. The van der Waals surface area contributed by atoms with Crippen LogP contribution in [0.5, 0.6) is 0 Å². The molecule has 1 aliphatic heterocycles. The zero-order chi connectivity index (χ0) is 24.5. The van der Waals surface area contributed by atoms with Gasteiger partial charge >= 0.3 is 0 Å². The molecule has 0 spiro atoms. The van der Waals surface area contributed by atoms with E-state index in [9.17, 15) is 0 Å². The van der Waals surface area contributed by atoms with Crippen LogP contribution in [0.2, 0.25) is 10.0 Å². The largest absolute Gasteiger partial charge is 0.302 e. The van der Waals surface area contributed by atoms with Crippen LogP contribution in [0.4, 0.5) is 5.13 Å². The Morgan fingerprint density at radius 3 is 1.97 bits per heavy atom. The number of anilines is 1. The first kappa shape index (κ1) is 23.7. The molecule has 2 unspecified atom stereocenters. The molecule has 4 nitrogen and oxygen atoms in total. The van der Waals surface area contributed by atoms with Crippen molar-refractivity contribution in [2.45, 2.75) is 31.3 Å². The number of hydrogen-bond donors (Lipinski definition) is 2.